The minimum atomic E-state index is -0.603. The lowest BCUT2D eigenvalue weighted by atomic mass is 9.85. The fraction of sp³-hybridized carbons (Fsp3) is 0.875. The number of nitrogens with zero attached hydrogens (tertiary/aromatic N) is 2. The molecule has 0 radical (unpaired) electrons. The van der Waals surface area contributed by atoms with Gasteiger partial charge in [0.15, 0.2) is 0 Å². The van der Waals surface area contributed by atoms with Crippen LogP contribution in [0.25, 0.3) is 0 Å². The second kappa shape index (κ2) is 12.0. The van der Waals surface area contributed by atoms with Gasteiger partial charge in [0.1, 0.15) is 6.04 Å². The summed E-state index contributed by atoms with van der Waals surface area (Å²) >= 11 is 0. The molecule has 4 N–H and O–H groups in total. The number of hydrogen-bond donors (Lipinski definition) is 3. The van der Waals surface area contributed by atoms with Crippen LogP contribution in [0, 0.1) is 10.8 Å². The number of likely N-dealkylation sites (N-methyl/N-ethyl adjacent to an activating group) is 1. The Morgan fingerprint density at radius 3 is 2.25 bits per heavy atom. The third kappa shape index (κ3) is 8.70. The Morgan fingerprint density at radius 2 is 1.75 bits per heavy atom. The van der Waals surface area contributed by atoms with Gasteiger partial charge in [-0.15, -0.1) is 0 Å². The fourth-order valence-corrected chi connectivity index (χ4v) is 3.90. The highest BCUT2D eigenvalue weighted by Crippen LogP contribution is 2.27. The van der Waals surface area contributed by atoms with E-state index in [1.54, 1.807) is 14.0 Å². The Hall–Kier alpha value is -1.67. The molecule has 0 aromatic rings. The minimum Gasteiger partial charge on any atom is -0.342 e. The molecular formula is C24H47N5O3. The minimum absolute atomic E-state index is 0.000761. The van der Waals surface area contributed by atoms with Crippen molar-refractivity contribution >= 4 is 17.7 Å². The summed E-state index contributed by atoms with van der Waals surface area (Å²) in [6.45, 7) is 16.1. The molecule has 1 rings (SSSR count). The maximum atomic E-state index is 13.5. The maximum absolute atomic E-state index is 13.5. The summed E-state index contributed by atoms with van der Waals surface area (Å²) in [5.41, 5.74) is 5.36. The van der Waals surface area contributed by atoms with Crippen LogP contribution >= 0.6 is 0 Å². The van der Waals surface area contributed by atoms with Crippen LogP contribution in [0.2, 0.25) is 0 Å². The Bertz CT molecular complexity index is 639. The monoisotopic (exact) mass is 453 g/mol. The van der Waals surface area contributed by atoms with E-state index in [0.717, 1.165) is 25.7 Å². The van der Waals surface area contributed by atoms with Gasteiger partial charge in [0.25, 0.3) is 0 Å². The van der Waals surface area contributed by atoms with Crippen molar-refractivity contribution in [1.29, 1.82) is 0 Å². The van der Waals surface area contributed by atoms with E-state index >= 15 is 0 Å². The van der Waals surface area contributed by atoms with E-state index in [4.69, 9.17) is 5.73 Å². The lowest BCUT2D eigenvalue weighted by Gasteiger charge is -2.37. The van der Waals surface area contributed by atoms with Gasteiger partial charge in [0, 0.05) is 25.7 Å². The van der Waals surface area contributed by atoms with E-state index in [9.17, 15) is 14.4 Å². The molecule has 8 nitrogen and oxygen atoms in total. The summed E-state index contributed by atoms with van der Waals surface area (Å²) in [6.07, 6.45) is 3.46. The Morgan fingerprint density at radius 1 is 1.12 bits per heavy atom. The predicted octanol–water partition coefficient (Wildman–Crippen LogP) is 1.73. The van der Waals surface area contributed by atoms with E-state index in [0.29, 0.717) is 19.6 Å². The molecule has 3 amide bonds. The van der Waals surface area contributed by atoms with Gasteiger partial charge in [-0.3, -0.25) is 14.4 Å². The molecule has 1 saturated heterocycles. The topological polar surface area (TPSA) is 108 Å². The molecule has 1 heterocycles. The first-order valence-corrected chi connectivity index (χ1v) is 12.0. The summed E-state index contributed by atoms with van der Waals surface area (Å²) in [5, 5.41) is 5.89. The second-order valence-corrected chi connectivity index (χ2v) is 11.3. The largest absolute Gasteiger partial charge is 0.342 e. The number of likely N-dealkylation sites (tertiary alicyclic amines) is 1. The lowest BCUT2D eigenvalue weighted by Crippen LogP contribution is -2.58. The van der Waals surface area contributed by atoms with Gasteiger partial charge in [-0.05, 0) is 50.5 Å². The maximum Gasteiger partial charge on any atom is 0.245 e. The van der Waals surface area contributed by atoms with E-state index in [1.807, 2.05) is 30.6 Å². The Kier molecular flexibility index (Phi) is 10.6. The van der Waals surface area contributed by atoms with Crippen molar-refractivity contribution in [3.63, 3.8) is 0 Å². The normalized spacial score (nSPS) is 18.9. The van der Waals surface area contributed by atoms with Crippen LogP contribution in [0.15, 0.2) is 0 Å². The molecule has 0 unspecified atom stereocenters. The second-order valence-electron chi connectivity index (χ2n) is 11.3. The van der Waals surface area contributed by atoms with Gasteiger partial charge in [0.05, 0.1) is 12.6 Å². The van der Waals surface area contributed by atoms with Gasteiger partial charge >= 0.3 is 0 Å². The standard InChI is InChI=1S/C24H47N5O3/c1-17(26-8)21(31)27-20(24(5,6)7)22(32)29-13-9-10-18(29)11-14-28(19(30)16-25)15-12-23(2,3)4/h17-18,20,26H,9-16,25H2,1-8H3,(H,27,31)/t17-,18-,20+/m0/s1. The first kappa shape index (κ1) is 28.4. The van der Waals surface area contributed by atoms with Crippen molar-refractivity contribution < 1.29 is 14.4 Å². The third-order valence-corrected chi connectivity index (χ3v) is 6.28. The first-order valence-electron chi connectivity index (χ1n) is 12.0. The average molecular weight is 454 g/mol. The quantitative estimate of drug-likeness (QED) is 0.467. The average Bonchev–Trinajstić information content (AvgIpc) is 3.17. The summed E-state index contributed by atoms with van der Waals surface area (Å²) in [7, 11) is 1.72. The molecule has 0 bridgehead atoms. The highest BCUT2D eigenvalue weighted by Gasteiger charge is 2.40. The van der Waals surface area contributed by atoms with Gasteiger partial charge in [-0.25, -0.2) is 0 Å². The molecule has 0 aliphatic carbocycles. The molecule has 0 aromatic heterocycles. The van der Waals surface area contributed by atoms with Gasteiger partial charge < -0.3 is 26.2 Å². The summed E-state index contributed by atoms with van der Waals surface area (Å²) in [6, 6.07) is -0.913. The van der Waals surface area contributed by atoms with Crippen LogP contribution in [0.1, 0.15) is 74.1 Å². The van der Waals surface area contributed by atoms with Crippen molar-refractivity contribution in [1.82, 2.24) is 20.4 Å². The van der Waals surface area contributed by atoms with Crippen molar-refractivity contribution in [2.45, 2.75) is 92.3 Å². The molecule has 32 heavy (non-hydrogen) atoms. The van der Waals surface area contributed by atoms with Crippen molar-refractivity contribution in [3.8, 4) is 0 Å². The molecular weight excluding hydrogens is 406 g/mol. The van der Waals surface area contributed by atoms with E-state index in [2.05, 4.69) is 31.4 Å². The van der Waals surface area contributed by atoms with Crippen LogP contribution in [0.3, 0.4) is 0 Å². The molecule has 186 valence electrons. The molecule has 0 spiro atoms. The van der Waals surface area contributed by atoms with Gasteiger partial charge in [-0.1, -0.05) is 41.5 Å². The molecule has 8 heteroatoms. The fourth-order valence-electron chi connectivity index (χ4n) is 3.90. The molecule has 1 fully saturated rings. The van der Waals surface area contributed by atoms with Crippen molar-refractivity contribution in [2.75, 3.05) is 33.2 Å². The predicted molar refractivity (Wildman–Crippen MR) is 129 cm³/mol. The number of carbonyl (C=O) groups is 3. The van der Waals surface area contributed by atoms with E-state index in [1.165, 1.54) is 0 Å². The van der Waals surface area contributed by atoms with Gasteiger partial charge in [-0.2, -0.15) is 0 Å². The summed E-state index contributed by atoms with van der Waals surface area (Å²) in [4.78, 5) is 42.2. The zero-order valence-electron chi connectivity index (χ0n) is 21.6. The Balaban J connectivity index is 2.89. The summed E-state index contributed by atoms with van der Waals surface area (Å²) < 4.78 is 0. The molecule has 0 aromatic carbocycles. The zero-order chi connectivity index (χ0) is 24.7. The van der Waals surface area contributed by atoms with Crippen LogP contribution in [0.4, 0.5) is 0 Å². The van der Waals surface area contributed by atoms with E-state index in [-0.39, 0.29) is 41.8 Å². The van der Waals surface area contributed by atoms with E-state index < -0.39 is 11.5 Å². The zero-order valence-corrected chi connectivity index (χ0v) is 21.6. The number of rotatable bonds is 10. The number of amides is 3. The Labute approximate surface area is 195 Å². The SMILES string of the molecule is CN[C@@H](C)C(=O)N[C@H](C(=O)N1CCC[C@H]1CCN(CCC(C)(C)C)C(=O)CN)C(C)(C)C. The third-order valence-electron chi connectivity index (χ3n) is 6.28. The molecule has 1 aliphatic rings. The molecule has 0 saturated carbocycles. The van der Waals surface area contributed by atoms with Gasteiger partial charge in [0.2, 0.25) is 17.7 Å². The van der Waals surface area contributed by atoms with Crippen LogP contribution in [-0.4, -0.2) is 78.9 Å². The first-order chi connectivity index (χ1) is 14.7. The number of hydrogen-bond acceptors (Lipinski definition) is 5. The smallest absolute Gasteiger partial charge is 0.245 e. The van der Waals surface area contributed by atoms with Crippen LogP contribution in [-0.2, 0) is 14.4 Å². The highest BCUT2D eigenvalue weighted by molar-refractivity contribution is 5.90. The van der Waals surface area contributed by atoms with Crippen LogP contribution in [0.5, 0.6) is 0 Å². The summed E-state index contributed by atoms with van der Waals surface area (Å²) in [5.74, 6) is -0.271. The number of nitrogens with one attached hydrogen (secondary N) is 2. The van der Waals surface area contributed by atoms with Crippen LogP contribution < -0.4 is 16.4 Å². The lowest BCUT2D eigenvalue weighted by molar-refractivity contribution is -0.140. The number of carbonyl (C=O) groups excluding carboxylic acids is 3. The molecule has 1 aliphatic heterocycles. The van der Waals surface area contributed by atoms with Crippen molar-refractivity contribution in [2.24, 2.45) is 16.6 Å². The molecule has 3 atom stereocenters. The number of nitrogens with two attached hydrogens (primary N) is 1. The highest BCUT2D eigenvalue weighted by atomic mass is 16.2. The van der Waals surface area contributed by atoms with Crippen molar-refractivity contribution in [3.05, 3.63) is 0 Å².